The smallest absolute Gasteiger partial charge is 0.266 e. The molecule has 0 fully saturated rings. The molecule has 0 spiro atoms. The molecule has 1 aromatic rings. The lowest BCUT2D eigenvalue weighted by Gasteiger charge is -2.25. The zero-order valence-electron chi connectivity index (χ0n) is 9.94. The van der Waals surface area contributed by atoms with Crippen molar-refractivity contribution in [1.82, 2.24) is 14.9 Å². The standard InChI is InChI=1S/C9H16N4O3S/c1-9(2,13-17(3,15)16)6-10-7-4-8(14)12-11-5-7/h4-5,13H,6H2,1-3H3,(H2,10,12,14). The number of sulfonamides is 1. The van der Waals surface area contributed by atoms with Crippen LogP contribution in [0.4, 0.5) is 5.69 Å². The van der Waals surface area contributed by atoms with Crippen molar-refractivity contribution in [3.05, 3.63) is 22.6 Å². The van der Waals surface area contributed by atoms with Crippen molar-refractivity contribution in [1.29, 1.82) is 0 Å². The van der Waals surface area contributed by atoms with E-state index in [0.717, 1.165) is 6.26 Å². The molecule has 17 heavy (non-hydrogen) atoms. The van der Waals surface area contributed by atoms with Crippen molar-refractivity contribution in [3.8, 4) is 0 Å². The molecule has 0 aliphatic carbocycles. The molecule has 1 heterocycles. The maximum absolute atomic E-state index is 11.1. The van der Waals surface area contributed by atoms with Gasteiger partial charge in [0.05, 0.1) is 18.1 Å². The maximum Gasteiger partial charge on any atom is 0.266 e. The van der Waals surface area contributed by atoms with Crippen molar-refractivity contribution in [2.45, 2.75) is 19.4 Å². The molecule has 1 aromatic heterocycles. The van der Waals surface area contributed by atoms with Crippen LogP contribution in [0.3, 0.4) is 0 Å². The second-order valence-electron chi connectivity index (χ2n) is 4.45. The first-order valence-electron chi connectivity index (χ1n) is 4.95. The Morgan fingerprint density at radius 1 is 1.47 bits per heavy atom. The van der Waals surface area contributed by atoms with Gasteiger partial charge >= 0.3 is 0 Å². The lowest BCUT2D eigenvalue weighted by molar-refractivity contribution is 0.476. The predicted octanol–water partition coefficient (Wildman–Crippen LogP) is -0.490. The zero-order chi connectivity index (χ0) is 13.1. The Morgan fingerprint density at radius 2 is 2.12 bits per heavy atom. The molecule has 0 amide bonds. The summed E-state index contributed by atoms with van der Waals surface area (Å²) < 4.78 is 24.7. The zero-order valence-corrected chi connectivity index (χ0v) is 10.8. The van der Waals surface area contributed by atoms with Crippen molar-refractivity contribution < 1.29 is 8.42 Å². The third-order valence-corrected chi connectivity index (χ3v) is 2.78. The number of nitrogens with one attached hydrogen (secondary N) is 3. The number of aromatic nitrogens is 2. The van der Waals surface area contributed by atoms with Gasteiger partial charge in [0.2, 0.25) is 10.0 Å². The molecule has 7 nitrogen and oxygen atoms in total. The van der Waals surface area contributed by atoms with Crippen LogP contribution < -0.4 is 15.6 Å². The molecule has 0 saturated heterocycles. The fraction of sp³-hybridized carbons (Fsp3) is 0.556. The van der Waals surface area contributed by atoms with E-state index in [1.807, 2.05) is 0 Å². The Kier molecular flexibility index (Phi) is 3.89. The maximum atomic E-state index is 11.1. The Hall–Kier alpha value is -1.41. The molecule has 0 radical (unpaired) electrons. The summed E-state index contributed by atoms with van der Waals surface area (Å²) in [6.07, 6.45) is 2.56. The number of hydrogen-bond acceptors (Lipinski definition) is 5. The first-order chi connectivity index (χ1) is 7.68. The van der Waals surface area contributed by atoms with Crippen LogP contribution in [0, 0.1) is 0 Å². The number of rotatable bonds is 5. The topological polar surface area (TPSA) is 104 Å². The van der Waals surface area contributed by atoms with Crippen molar-refractivity contribution in [3.63, 3.8) is 0 Å². The van der Waals surface area contributed by atoms with E-state index in [-0.39, 0.29) is 5.56 Å². The van der Waals surface area contributed by atoms with Gasteiger partial charge in [0, 0.05) is 18.2 Å². The minimum absolute atomic E-state index is 0.316. The molecule has 1 rings (SSSR count). The second-order valence-corrected chi connectivity index (χ2v) is 6.19. The molecule has 3 N–H and O–H groups in total. The van der Waals surface area contributed by atoms with E-state index in [1.54, 1.807) is 13.8 Å². The van der Waals surface area contributed by atoms with Crippen LogP contribution in [0.1, 0.15) is 13.8 Å². The number of hydrogen-bond donors (Lipinski definition) is 3. The highest BCUT2D eigenvalue weighted by molar-refractivity contribution is 7.88. The summed E-state index contributed by atoms with van der Waals surface area (Å²) in [6.45, 7) is 3.81. The molecule has 0 aliphatic heterocycles. The third kappa shape index (κ3) is 5.45. The molecule has 0 unspecified atom stereocenters. The van der Waals surface area contributed by atoms with Gasteiger partial charge in [-0.15, -0.1) is 0 Å². The average molecular weight is 260 g/mol. The molecule has 0 aliphatic rings. The highest BCUT2D eigenvalue weighted by Crippen LogP contribution is 2.06. The number of H-pyrrole nitrogens is 1. The summed E-state index contributed by atoms with van der Waals surface area (Å²) in [5.74, 6) is 0. The van der Waals surface area contributed by atoms with Gasteiger partial charge in [-0.25, -0.2) is 18.2 Å². The normalized spacial score (nSPS) is 12.4. The fourth-order valence-corrected chi connectivity index (χ4v) is 2.41. The number of nitrogens with zero attached hydrogens (tertiary/aromatic N) is 1. The lowest BCUT2D eigenvalue weighted by Crippen LogP contribution is -2.47. The average Bonchev–Trinajstić information content (AvgIpc) is 2.11. The van der Waals surface area contributed by atoms with Crippen LogP contribution in [-0.4, -0.2) is 37.0 Å². The molecule has 0 bridgehead atoms. The van der Waals surface area contributed by atoms with Crippen LogP contribution in [0.5, 0.6) is 0 Å². The molecule has 96 valence electrons. The van der Waals surface area contributed by atoms with E-state index in [0.29, 0.717) is 12.2 Å². The van der Waals surface area contributed by atoms with Gasteiger partial charge in [0.15, 0.2) is 0 Å². The van der Waals surface area contributed by atoms with E-state index >= 15 is 0 Å². The summed E-state index contributed by atoms with van der Waals surface area (Å²) in [4.78, 5) is 11.0. The predicted molar refractivity (Wildman–Crippen MR) is 65.4 cm³/mol. The van der Waals surface area contributed by atoms with Crippen LogP contribution in [0.25, 0.3) is 0 Å². The number of anilines is 1. The van der Waals surface area contributed by atoms with E-state index in [4.69, 9.17) is 0 Å². The minimum atomic E-state index is -3.27. The lowest BCUT2D eigenvalue weighted by atomic mass is 10.1. The molecule has 8 heteroatoms. The largest absolute Gasteiger partial charge is 0.382 e. The Balaban J connectivity index is 2.64. The van der Waals surface area contributed by atoms with Gasteiger partial charge in [-0.2, -0.15) is 5.10 Å². The van der Waals surface area contributed by atoms with Crippen LogP contribution in [0.2, 0.25) is 0 Å². The summed E-state index contributed by atoms with van der Waals surface area (Å²) in [6, 6.07) is 1.35. The summed E-state index contributed by atoms with van der Waals surface area (Å²) in [7, 11) is -3.27. The highest BCUT2D eigenvalue weighted by atomic mass is 32.2. The Morgan fingerprint density at radius 3 is 2.65 bits per heavy atom. The molecule has 0 atom stereocenters. The van der Waals surface area contributed by atoms with Crippen molar-refractivity contribution in [2.24, 2.45) is 0 Å². The van der Waals surface area contributed by atoms with Gasteiger partial charge in [-0.1, -0.05) is 0 Å². The van der Waals surface area contributed by atoms with Gasteiger partial charge in [-0.3, -0.25) is 4.79 Å². The summed E-state index contributed by atoms with van der Waals surface area (Å²) >= 11 is 0. The first-order valence-corrected chi connectivity index (χ1v) is 6.85. The van der Waals surface area contributed by atoms with E-state index in [1.165, 1.54) is 12.3 Å². The minimum Gasteiger partial charge on any atom is -0.382 e. The van der Waals surface area contributed by atoms with Crippen molar-refractivity contribution >= 4 is 15.7 Å². The van der Waals surface area contributed by atoms with Crippen LogP contribution in [-0.2, 0) is 10.0 Å². The first kappa shape index (κ1) is 13.7. The van der Waals surface area contributed by atoms with E-state index in [2.05, 4.69) is 20.2 Å². The van der Waals surface area contributed by atoms with Gasteiger partial charge < -0.3 is 5.32 Å². The Bertz CT molecular complexity index is 535. The molecule has 0 aromatic carbocycles. The summed E-state index contributed by atoms with van der Waals surface area (Å²) in [5.41, 5.74) is -0.433. The van der Waals surface area contributed by atoms with E-state index in [9.17, 15) is 13.2 Å². The second kappa shape index (κ2) is 4.84. The molecular weight excluding hydrogens is 244 g/mol. The van der Waals surface area contributed by atoms with E-state index < -0.39 is 15.6 Å². The summed E-state index contributed by atoms with van der Waals surface area (Å²) in [5, 5.41) is 8.81. The van der Waals surface area contributed by atoms with Crippen LogP contribution >= 0.6 is 0 Å². The fourth-order valence-electron chi connectivity index (χ4n) is 1.33. The molecular formula is C9H16N4O3S. The highest BCUT2D eigenvalue weighted by Gasteiger charge is 2.21. The van der Waals surface area contributed by atoms with Gasteiger partial charge in [0.25, 0.3) is 5.56 Å². The monoisotopic (exact) mass is 260 g/mol. The van der Waals surface area contributed by atoms with Crippen LogP contribution in [0.15, 0.2) is 17.1 Å². The Labute approximate surface area is 99.7 Å². The van der Waals surface area contributed by atoms with Gasteiger partial charge in [-0.05, 0) is 13.8 Å². The van der Waals surface area contributed by atoms with Gasteiger partial charge in [0.1, 0.15) is 0 Å². The number of aromatic amines is 1. The SMILES string of the molecule is CC(C)(CNc1cn[nH]c(=O)c1)NS(C)(=O)=O. The third-order valence-electron chi connectivity index (χ3n) is 1.86. The quantitative estimate of drug-likeness (QED) is 0.662. The molecule has 0 saturated carbocycles. The van der Waals surface area contributed by atoms with Crippen molar-refractivity contribution in [2.75, 3.05) is 18.1 Å².